The number of nitrogens with zero attached hydrogens (tertiary/aromatic N) is 1. The summed E-state index contributed by atoms with van der Waals surface area (Å²) in [7, 11) is 0. The van der Waals surface area contributed by atoms with Gasteiger partial charge in [-0.15, -0.1) is 0 Å². The highest BCUT2D eigenvalue weighted by Crippen LogP contribution is 2.27. The van der Waals surface area contributed by atoms with E-state index in [1.165, 1.54) is 18.2 Å². The van der Waals surface area contributed by atoms with E-state index in [-0.39, 0.29) is 22.3 Å². The molecule has 0 aliphatic rings. The fourth-order valence-electron chi connectivity index (χ4n) is 1.75. The van der Waals surface area contributed by atoms with Crippen molar-refractivity contribution in [3.8, 4) is 0 Å². The van der Waals surface area contributed by atoms with Gasteiger partial charge in [-0.05, 0) is 30.7 Å². The van der Waals surface area contributed by atoms with Crippen LogP contribution in [0.5, 0.6) is 0 Å². The number of carbonyl (C=O) groups excluding carboxylic acids is 1. The van der Waals surface area contributed by atoms with E-state index < -0.39 is 4.92 Å². The number of amides is 1. The number of nitro benzene ring substituents is 1. The van der Waals surface area contributed by atoms with Crippen molar-refractivity contribution in [1.82, 2.24) is 0 Å². The molecule has 0 fully saturated rings. The van der Waals surface area contributed by atoms with Gasteiger partial charge < -0.3 is 5.32 Å². The number of carbonyl (C=O) groups is 1. The fourth-order valence-corrected chi connectivity index (χ4v) is 2.28. The van der Waals surface area contributed by atoms with Crippen molar-refractivity contribution in [2.45, 2.75) is 6.92 Å². The molecule has 1 N–H and O–H groups in total. The van der Waals surface area contributed by atoms with Crippen LogP contribution in [0.2, 0.25) is 5.02 Å². The first-order valence-corrected chi connectivity index (χ1v) is 7.07. The van der Waals surface area contributed by atoms with Gasteiger partial charge in [0.05, 0.1) is 15.6 Å². The van der Waals surface area contributed by atoms with E-state index in [0.29, 0.717) is 5.56 Å². The quantitative estimate of drug-likeness (QED) is 0.636. The predicted molar refractivity (Wildman–Crippen MR) is 84.9 cm³/mol. The minimum absolute atomic E-state index is 0.138. The Morgan fingerprint density at radius 2 is 2.00 bits per heavy atom. The minimum Gasteiger partial charge on any atom is -0.320 e. The molecule has 7 heteroatoms. The standard InChI is InChI=1S/C14H10BrClN2O3/c1-8-2-3-9(15)6-11(8)14(19)17-13-7-10(18(20)21)4-5-12(13)16/h2-7H,1H3,(H,17,19). The van der Waals surface area contributed by atoms with Gasteiger partial charge in [0.1, 0.15) is 0 Å². The molecule has 0 aliphatic carbocycles. The van der Waals surface area contributed by atoms with Gasteiger partial charge >= 0.3 is 0 Å². The Morgan fingerprint density at radius 1 is 1.29 bits per heavy atom. The molecule has 2 aromatic carbocycles. The van der Waals surface area contributed by atoms with Crippen molar-refractivity contribution < 1.29 is 9.72 Å². The Hall–Kier alpha value is -1.92. The SMILES string of the molecule is Cc1ccc(Br)cc1C(=O)Nc1cc([N+](=O)[O-])ccc1Cl. The Labute approximate surface area is 134 Å². The van der Waals surface area contributed by atoms with E-state index >= 15 is 0 Å². The Bertz CT molecular complexity index is 734. The lowest BCUT2D eigenvalue weighted by Gasteiger charge is -2.09. The van der Waals surface area contributed by atoms with Crippen LogP contribution in [0.1, 0.15) is 15.9 Å². The zero-order valence-corrected chi connectivity index (χ0v) is 13.2. The fraction of sp³-hybridized carbons (Fsp3) is 0.0714. The largest absolute Gasteiger partial charge is 0.320 e. The van der Waals surface area contributed by atoms with Crippen molar-refractivity contribution in [2.75, 3.05) is 5.32 Å². The van der Waals surface area contributed by atoms with E-state index in [1.54, 1.807) is 19.1 Å². The molecule has 1 amide bonds. The topological polar surface area (TPSA) is 72.2 Å². The summed E-state index contributed by atoms with van der Waals surface area (Å²) in [6, 6.07) is 9.19. The zero-order chi connectivity index (χ0) is 15.6. The molecule has 0 spiro atoms. The highest BCUT2D eigenvalue weighted by atomic mass is 79.9. The Balaban J connectivity index is 2.33. The molecule has 0 heterocycles. The van der Waals surface area contributed by atoms with Crippen LogP contribution in [0.3, 0.4) is 0 Å². The normalized spacial score (nSPS) is 10.2. The lowest BCUT2D eigenvalue weighted by Crippen LogP contribution is -2.13. The van der Waals surface area contributed by atoms with E-state index in [1.807, 2.05) is 6.07 Å². The van der Waals surface area contributed by atoms with Crippen molar-refractivity contribution in [3.63, 3.8) is 0 Å². The van der Waals surface area contributed by atoms with Crippen molar-refractivity contribution in [2.24, 2.45) is 0 Å². The summed E-state index contributed by atoms with van der Waals surface area (Å²) in [4.78, 5) is 22.5. The van der Waals surface area contributed by atoms with E-state index in [0.717, 1.165) is 10.0 Å². The van der Waals surface area contributed by atoms with Crippen LogP contribution in [-0.4, -0.2) is 10.8 Å². The third-order valence-electron chi connectivity index (χ3n) is 2.85. The van der Waals surface area contributed by atoms with Crippen molar-refractivity contribution >= 4 is 44.8 Å². The van der Waals surface area contributed by atoms with Gasteiger partial charge in [0.15, 0.2) is 0 Å². The molecular weight excluding hydrogens is 360 g/mol. The molecule has 0 aliphatic heterocycles. The Kier molecular flexibility index (Phi) is 4.59. The molecule has 2 rings (SSSR count). The Morgan fingerprint density at radius 3 is 2.67 bits per heavy atom. The summed E-state index contributed by atoms with van der Waals surface area (Å²) < 4.78 is 0.767. The second-order valence-electron chi connectivity index (χ2n) is 4.33. The summed E-state index contributed by atoms with van der Waals surface area (Å²) in [5, 5.41) is 13.6. The second-order valence-corrected chi connectivity index (χ2v) is 5.66. The van der Waals surface area contributed by atoms with E-state index in [2.05, 4.69) is 21.2 Å². The molecule has 0 bridgehead atoms. The van der Waals surface area contributed by atoms with E-state index in [9.17, 15) is 14.9 Å². The number of non-ortho nitro benzene ring substituents is 1. The molecule has 0 saturated heterocycles. The van der Waals surface area contributed by atoms with Gasteiger partial charge in [0.25, 0.3) is 11.6 Å². The average molecular weight is 370 g/mol. The average Bonchev–Trinajstić information content (AvgIpc) is 2.43. The molecule has 2 aromatic rings. The van der Waals surface area contributed by atoms with Gasteiger partial charge in [0.2, 0.25) is 0 Å². The molecule has 0 aromatic heterocycles. The van der Waals surface area contributed by atoms with Crippen LogP contribution in [0.4, 0.5) is 11.4 Å². The number of rotatable bonds is 3. The number of anilines is 1. The number of aryl methyl sites for hydroxylation is 1. The van der Waals surface area contributed by atoms with Crippen LogP contribution in [0, 0.1) is 17.0 Å². The van der Waals surface area contributed by atoms with Crippen LogP contribution < -0.4 is 5.32 Å². The van der Waals surface area contributed by atoms with Gasteiger partial charge in [-0.2, -0.15) is 0 Å². The van der Waals surface area contributed by atoms with Gasteiger partial charge in [-0.1, -0.05) is 33.6 Å². The van der Waals surface area contributed by atoms with Crippen LogP contribution in [0.25, 0.3) is 0 Å². The van der Waals surface area contributed by atoms with Crippen LogP contribution in [-0.2, 0) is 0 Å². The number of hydrogen-bond acceptors (Lipinski definition) is 3. The summed E-state index contributed by atoms with van der Waals surface area (Å²) in [5.74, 6) is -0.379. The molecule has 108 valence electrons. The maximum atomic E-state index is 12.3. The third-order valence-corrected chi connectivity index (χ3v) is 3.68. The van der Waals surface area contributed by atoms with Gasteiger partial charge in [-0.25, -0.2) is 0 Å². The molecule has 21 heavy (non-hydrogen) atoms. The number of benzene rings is 2. The maximum Gasteiger partial charge on any atom is 0.271 e. The number of hydrogen-bond donors (Lipinski definition) is 1. The molecular formula is C14H10BrClN2O3. The predicted octanol–water partition coefficient (Wildman–Crippen LogP) is 4.57. The number of halogens is 2. The first kappa shape index (κ1) is 15.5. The molecule has 5 nitrogen and oxygen atoms in total. The molecule has 0 radical (unpaired) electrons. The van der Waals surface area contributed by atoms with Gasteiger partial charge in [0, 0.05) is 22.2 Å². The van der Waals surface area contributed by atoms with Crippen molar-refractivity contribution in [1.29, 1.82) is 0 Å². The highest BCUT2D eigenvalue weighted by Gasteiger charge is 2.14. The lowest BCUT2D eigenvalue weighted by atomic mass is 10.1. The van der Waals surface area contributed by atoms with Gasteiger partial charge in [-0.3, -0.25) is 14.9 Å². The smallest absolute Gasteiger partial charge is 0.271 e. The van der Waals surface area contributed by atoms with Crippen LogP contribution >= 0.6 is 27.5 Å². The number of nitro groups is 1. The first-order chi connectivity index (χ1) is 9.88. The highest BCUT2D eigenvalue weighted by molar-refractivity contribution is 9.10. The monoisotopic (exact) mass is 368 g/mol. The molecule has 0 saturated carbocycles. The first-order valence-electron chi connectivity index (χ1n) is 5.90. The van der Waals surface area contributed by atoms with E-state index in [4.69, 9.17) is 11.6 Å². The lowest BCUT2D eigenvalue weighted by molar-refractivity contribution is -0.384. The third kappa shape index (κ3) is 3.59. The molecule has 0 atom stereocenters. The number of nitrogens with one attached hydrogen (secondary N) is 1. The summed E-state index contributed by atoms with van der Waals surface area (Å²) in [5.41, 5.74) is 1.32. The van der Waals surface area contributed by atoms with Crippen molar-refractivity contribution in [3.05, 3.63) is 67.1 Å². The van der Waals surface area contributed by atoms with Crippen LogP contribution in [0.15, 0.2) is 40.9 Å². The summed E-state index contributed by atoms with van der Waals surface area (Å²) in [6.07, 6.45) is 0. The maximum absolute atomic E-state index is 12.3. The summed E-state index contributed by atoms with van der Waals surface area (Å²) >= 11 is 9.26. The minimum atomic E-state index is -0.545. The summed E-state index contributed by atoms with van der Waals surface area (Å²) in [6.45, 7) is 1.80. The molecule has 0 unspecified atom stereocenters. The second kappa shape index (κ2) is 6.24. The zero-order valence-electron chi connectivity index (χ0n) is 10.9.